The second-order valence-electron chi connectivity index (χ2n) is 4.86. The third-order valence-corrected chi connectivity index (χ3v) is 3.56. The lowest BCUT2D eigenvalue weighted by Crippen LogP contribution is -2.33. The third-order valence-electron chi connectivity index (χ3n) is 3.56. The highest BCUT2D eigenvalue weighted by Gasteiger charge is 2.21. The average Bonchev–Trinajstić information content (AvgIpc) is 2.46. The summed E-state index contributed by atoms with van der Waals surface area (Å²) < 4.78 is 0. The lowest BCUT2D eigenvalue weighted by atomic mass is 9.88. The van der Waals surface area contributed by atoms with Gasteiger partial charge in [0.25, 0.3) is 0 Å². The molecule has 1 amide bonds. The van der Waals surface area contributed by atoms with E-state index in [0.717, 1.165) is 18.4 Å². The van der Waals surface area contributed by atoms with Gasteiger partial charge in [0.2, 0.25) is 5.91 Å². The van der Waals surface area contributed by atoms with Crippen LogP contribution in [0.2, 0.25) is 0 Å². The molecular formula is C16H25NO2. The number of hydrogen-bond acceptors (Lipinski definition) is 2. The van der Waals surface area contributed by atoms with Crippen molar-refractivity contribution in [3.05, 3.63) is 35.9 Å². The molecule has 0 bridgehead atoms. The van der Waals surface area contributed by atoms with Crippen LogP contribution in [0.1, 0.15) is 51.1 Å². The summed E-state index contributed by atoms with van der Waals surface area (Å²) in [6.07, 6.45) is 2.99. The minimum absolute atomic E-state index is 0.0230. The first kappa shape index (κ1) is 15.7. The maximum absolute atomic E-state index is 11.9. The molecule has 0 saturated carbocycles. The molecule has 0 aliphatic carbocycles. The van der Waals surface area contributed by atoms with E-state index in [1.54, 1.807) is 0 Å². The minimum Gasteiger partial charge on any atom is -0.396 e. The van der Waals surface area contributed by atoms with Crippen LogP contribution in [0.3, 0.4) is 0 Å². The zero-order valence-electron chi connectivity index (χ0n) is 11.9. The van der Waals surface area contributed by atoms with Crippen LogP contribution in [0, 0.1) is 5.92 Å². The van der Waals surface area contributed by atoms with Gasteiger partial charge in [-0.05, 0) is 17.9 Å². The van der Waals surface area contributed by atoms with E-state index in [-0.39, 0.29) is 18.6 Å². The van der Waals surface area contributed by atoms with Crippen molar-refractivity contribution in [2.24, 2.45) is 5.92 Å². The topological polar surface area (TPSA) is 49.3 Å². The summed E-state index contributed by atoms with van der Waals surface area (Å²) in [5.74, 6) is 0.468. The first-order valence-corrected chi connectivity index (χ1v) is 7.18. The fourth-order valence-electron chi connectivity index (χ4n) is 2.38. The zero-order chi connectivity index (χ0) is 14.1. The van der Waals surface area contributed by atoms with Gasteiger partial charge in [-0.1, -0.05) is 57.0 Å². The maximum atomic E-state index is 11.9. The predicted octanol–water partition coefficient (Wildman–Crippen LogP) is 3.05. The molecular weight excluding hydrogens is 238 g/mol. The van der Waals surface area contributed by atoms with Crippen molar-refractivity contribution in [3.8, 4) is 0 Å². The van der Waals surface area contributed by atoms with Gasteiger partial charge in [0.1, 0.15) is 0 Å². The summed E-state index contributed by atoms with van der Waals surface area (Å²) >= 11 is 0. The SMILES string of the molecule is CCC(CC)C(NC(=O)CCCO)c1ccccc1. The van der Waals surface area contributed by atoms with Gasteiger partial charge in [0, 0.05) is 13.0 Å². The van der Waals surface area contributed by atoms with Crippen LogP contribution in [0.25, 0.3) is 0 Å². The van der Waals surface area contributed by atoms with Crippen molar-refractivity contribution in [1.82, 2.24) is 5.32 Å². The van der Waals surface area contributed by atoms with Crippen molar-refractivity contribution in [1.29, 1.82) is 0 Å². The lowest BCUT2D eigenvalue weighted by Gasteiger charge is -2.27. The number of nitrogens with one attached hydrogen (secondary N) is 1. The Hall–Kier alpha value is -1.35. The van der Waals surface area contributed by atoms with Gasteiger partial charge in [0.05, 0.1) is 6.04 Å². The van der Waals surface area contributed by atoms with Gasteiger partial charge in [-0.15, -0.1) is 0 Å². The fourth-order valence-corrected chi connectivity index (χ4v) is 2.38. The lowest BCUT2D eigenvalue weighted by molar-refractivity contribution is -0.122. The first-order valence-electron chi connectivity index (χ1n) is 7.18. The van der Waals surface area contributed by atoms with Crippen LogP contribution in [0.15, 0.2) is 30.3 Å². The second-order valence-corrected chi connectivity index (χ2v) is 4.86. The molecule has 1 rings (SSSR count). The summed E-state index contributed by atoms with van der Waals surface area (Å²) in [7, 11) is 0. The summed E-state index contributed by atoms with van der Waals surface area (Å²) in [4.78, 5) is 11.9. The summed E-state index contributed by atoms with van der Waals surface area (Å²) in [5.41, 5.74) is 1.16. The maximum Gasteiger partial charge on any atom is 0.220 e. The smallest absolute Gasteiger partial charge is 0.220 e. The number of aliphatic hydroxyl groups excluding tert-OH is 1. The monoisotopic (exact) mass is 263 g/mol. The van der Waals surface area contributed by atoms with Crippen LogP contribution in [0.4, 0.5) is 0 Å². The number of benzene rings is 1. The highest BCUT2D eigenvalue weighted by Crippen LogP contribution is 2.27. The van der Waals surface area contributed by atoms with Crippen molar-refractivity contribution >= 4 is 5.91 Å². The fraction of sp³-hybridized carbons (Fsp3) is 0.562. The highest BCUT2D eigenvalue weighted by molar-refractivity contribution is 5.76. The van der Waals surface area contributed by atoms with Gasteiger partial charge >= 0.3 is 0 Å². The Bertz CT molecular complexity index is 360. The van der Waals surface area contributed by atoms with E-state index < -0.39 is 0 Å². The Kier molecular flexibility index (Phi) is 7.19. The van der Waals surface area contributed by atoms with E-state index in [0.29, 0.717) is 18.8 Å². The standard InChI is InChI=1S/C16H25NO2/c1-3-13(4-2)16(14-9-6-5-7-10-14)17-15(19)11-8-12-18/h5-7,9-10,13,16,18H,3-4,8,11-12H2,1-2H3,(H,17,19). The number of carbonyl (C=O) groups excluding carboxylic acids is 1. The van der Waals surface area contributed by atoms with Crippen LogP contribution in [0.5, 0.6) is 0 Å². The first-order chi connectivity index (χ1) is 9.22. The third kappa shape index (κ3) is 5.03. The molecule has 0 aliphatic rings. The normalized spacial score (nSPS) is 12.4. The van der Waals surface area contributed by atoms with E-state index in [1.807, 2.05) is 18.2 Å². The molecule has 0 aliphatic heterocycles. The number of rotatable bonds is 8. The van der Waals surface area contributed by atoms with Crippen LogP contribution in [-0.2, 0) is 4.79 Å². The molecule has 3 nitrogen and oxygen atoms in total. The molecule has 1 aromatic rings. The van der Waals surface area contributed by atoms with Crippen LogP contribution in [-0.4, -0.2) is 17.6 Å². The number of hydrogen-bond donors (Lipinski definition) is 2. The largest absolute Gasteiger partial charge is 0.396 e. The highest BCUT2D eigenvalue weighted by atomic mass is 16.3. The number of carbonyl (C=O) groups is 1. The zero-order valence-corrected chi connectivity index (χ0v) is 11.9. The van der Waals surface area contributed by atoms with E-state index in [9.17, 15) is 4.79 Å². The van der Waals surface area contributed by atoms with Crippen LogP contribution < -0.4 is 5.32 Å². The molecule has 1 atom stereocenters. The number of amides is 1. The molecule has 0 spiro atoms. The quantitative estimate of drug-likeness (QED) is 0.757. The molecule has 1 aromatic carbocycles. The molecule has 106 valence electrons. The Balaban J connectivity index is 2.78. The molecule has 0 heterocycles. The average molecular weight is 263 g/mol. The van der Waals surface area contributed by atoms with Gasteiger partial charge in [-0.3, -0.25) is 4.79 Å². The van der Waals surface area contributed by atoms with E-state index in [4.69, 9.17) is 5.11 Å². The molecule has 3 heteroatoms. The molecule has 0 radical (unpaired) electrons. The minimum atomic E-state index is 0.0230. The Morgan fingerprint density at radius 1 is 1.21 bits per heavy atom. The molecule has 1 unspecified atom stereocenters. The van der Waals surface area contributed by atoms with Crippen molar-refractivity contribution in [2.45, 2.75) is 45.6 Å². The van der Waals surface area contributed by atoms with Crippen molar-refractivity contribution in [2.75, 3.05) is 6.61 Å². The van der Waals surface area contributed by atoms with Gasteiger partial charge in [0.15, 0.2) is 0 Å². The van der Waals surface area contributed by atoms with E-state index in [1.165, 1.54) is 0 Å². The molecule has 0 saturated heterocycles. The van der Waals surface area contributed by atoms with Gasteiger partial charge in [-0.2, -0.15) is 0 Å². The van der Waals surface area contributed by atoms with Gasteiger partial charge < -0.3 is 10.4 Å². The van der Waals surface area contributed by atoms with Crippen molar-refractivity contribution in [3.63, 3.8) is 0 Å². The summed E-state index contributed by atoms with van der Waals surface area (Å²) in [6, 6.07) is 10.2. The second kappa shape index (κ2) is 8.70. The Morgan fingerprint density at radius 2 is 1.84 bits per heavy atom. The van der Waals surface area contributed by atoms with E-state index >= 15 is 0 Å². The predicted molar refractivity (Wildman–Crippen MR) is 77.7 cm³/mol. The molecule has 19 heavy (non-hydrogen) atoms. The molecule has 0 fully saturated rings. The Morgan fingerprint density at radius 3 is 2.37 bits per heavy atom. The van der Waals surface area contributed by atoms with Gasteiger partial charge in [-0.25, -0.2) is 0 Å². The van der Waals surface area contributed by atoms with E-state index in [2.05, 4.69) is 31.3 Å². The Labute approximate surface area is 116 Å². The van der Waals surface area contributed by atoms with Crippen LogP contribution >= 0.6 is 0 Å². The molecule has 2 N–H and O–H groups in total. The summed E-state index contributed by atoms with van der Waals surface area (Å²) in [6.45, 7) is 4.38. The number of aliphatic hydroxyl groups is 1. The van der Waals surface area contributed by atoms with Crippen molar-refractivity contribution < 1.29 is 9.90 Å². The molecule has 0 aromatic heterocycles. The summed E-state index contributed by atoms with van der Waals surface area (Å²) in [5, 5.41) is 11.9.